The zero-order valence-corrected chi connectivity index (χ0v) is 13.9. The summed E-state index contributed by atoms with van der Waals surface area (Å²) >= 11 is 0. The summed E-state index contributed by atoms with van der Waals surface area (Å²) in [5.41, 5.74) is 6.32. The molecule has 0 aliphatic carbocycles. The van der Waals surface area contributed by atoms with Crippen LogP contribution in [-0.2, 0) is 4.79 Å². The van der Waals surface area contributed by atoms with Crippen molar-refractivity contribution in [3.05, 3.63) is 82.0 Å². The minimum Gasteiger partial charge on any atom is -0.463 e. The Kier molecular flexibility index (Phi) is 4.89. The summed E-state index contributed by atoms with van der Waals surface area (Å²) in [5.74, 6) is -1.06. The lowest BCUT2D eigenvalue weighted by Crippen LogP contribution is -2.40. The molecule has 2 heterocycles. The highest BCUT2D eigenvalue weighted by Crippen LogP contribution is 2.13. The minimum absolute atomic E-state index is 0.233. The highest BCUT2D eigenvalue weighted by atomic mass is 16.3. The van der Waals surface area contributed by atoms with Gasteiger partial charge in [0.25, 0.3) is 11.8 Å². The summed E-state index contributed by atoms with van der Waals surface area (Å²) in [7, 11) is 0. The lowest BCUT2D eigenvalue weighted by atomic mass is 10.1. The minimum atomic E-state index is -0.587. The normalized spacial score (nSPS) is 10.8. The van der Waals surface area contributed by atoms with Gasteiger partial charge >= 0.3 is 0 Å². The molecule has 1 aromatic carbocycles. The SMILES string of the molecule is Cc1ccc2c(=O)c(/C=C/C(=O)NNC(=O)c3ccncc3)coc2c1. The summed E-state index contributed by atoms with van der Waals surface area (Å²) < 4.78 is 5.43. The smallest absolute Gasteiger partial charge is 0.269 e. The molecule has 3 rings (SSSR count). The third-order valence-electron chi connectivity index (χ3n) is 3.61. The molecule has 0 atom stereocenters. The van der Waals surface area contributed by atoms with Gasteiger partial charge in [-0.15, -0.1) is 0 Å². The van der Waals surface area contributed by atoms with Crippen LogP contribution in [0, 0.1) is 6.92 Å². The highest BCUT2D eigenvalue weighted by molar-refractivity contribution is 5.97. The quantitative estimate of drug-likeness (QED) is 0.556. The number of hydrogen-bond acceptors (Lipinski definition) is 5. The standard InChI is InChI=1S/C19H15N3O4/c1-12-2-4-15-16(10-12)26-11-14(18(15)24)3-5-17(23)21-22-19(25)13-6-8-20-9-7-13/h2-11H,1H3,(H,21,23)(H,22,25)/b5-3+. The largest absolute Gasteiger partial charge is 0.463 e. The van der Waals surface area contributed by atoms with Crippen LogP contribution in [0.25, 0.3) is 17.0 Å². The van der Waals surface area contributed by atoms with E-state index in [1.807, 2.05) is 13.0 Å². The average Bonchev–Trinajstić information content (AvgIpc) is 2.66. The number of hydrazine groups is 1. The van der Waals surface area contributed by atoms with Gasteiger partial charge in [-0.05, 0) is 42.8 Å². The Hall–Kier alpha value is -3.74. The van der Waals surface area contributed by atoms with E-state index < -0.39 is 11.8 Å². The second kappa shape index (κ2) is 7.43. The van der Waals surface area contributed by atoms with Crippen molar-refractivity contribution < 1.29 is 14.0 Å². The van der Waals surface area contributed by atoms with Crippen molar-refractivity contribution in [2.24, 2.45) is 0 Å². The second-order valence-electron chi connectivity index (χ2n) is 5.53. The van der Waals surface area contributed by atoms with E-state index in [9.17, 15) is 14.4 Å². The number of aromatic nitrogens is 1. The molecular weight excluding hydrogens is 334 g/mol. The van der Waals surface area contributed by atoms with Crippen LogP contribution in [0.15, 0.2) is 64.3 Å². The van der Waals surface area contributed by atoms with Crippen LogP contribution in [0.3, 0.4) is 0 Å². The molecule has 7 heteroatoms. The zero-order valence-electron chi connectivity index (χ0n) is 13.9. The van der Waals surface area contributed by atoms with E-state index in [0.717, 1.165) is 11.6 Å². The Balaban J connectivity index is 1.68. The zero-order chi connectivity index (χ0) is 18.5. The van der Waals surface area contributed by atoms with E-state index in [0.29, 0.717) is 16.5 Å². The van der Waals surface area contributed by atoms with E-state index in [1.165, 1.54) is 36.9 Å². The molecule has 2 N–H and O–H groups in total. The molecule has 0 unspecified atom stereocenters. The number of fused-ring (bicyclic) bond motifs is 1. The van der Waals surface area contributed by atoms with Crippen molar-refractivity contribution in [2.75, 3.05) is 0 Å². The maximum atomic E-state index is 12.4. The average molecular weight is 349 g/mol. The van der Waals surface area contributed by atoms with Gasteiger partial charge in [-0.3, -0.25) is 30.2 Å². The molecule has 7 nitrogen and oxygen atoms in total. The topological polar surface area (TPSA) is 101 Å². The predicted molar refractivity (Wildman–Crippen MR) is 96.1 cm³/mol. The summed E-state index contributed by atoms with van der Waals surface area (Å²) in [6, 6.07) is 8.29. The fraction of sp³-hybridized carbons (Fsp3) is 0.0526. The number of hydrogen-bond donors (Lipinski definition) is 2. The van der Waals surface area contributed by atoms with Crippen LogP contribution >= 0.6 is 0 Å². The van der Waals surface area contributed by atoms with Crippen LogP contribution in [0.5, 0.6) is 0 Å². The first-order chi connectivity index (χ1) is 12.5. The van der Waals surface area contributed by atoms with Gasteiger partial charge in [0.15, 0.2) is 5.43 Å². The Morgan fingerprint density at radius 3 is 2.65 bits per heavy atom. The molecule has 3 aromatic rings. The van der Waals surface area contributed by atoms with Crippen molar-refractivity contribution in [1.82, 2.24) is 15.8 Å². The van der Waals surface area contributed by atoms with Crippen LogP contribution in [0.4, 0.5) is 0 Å². The van der Waals surface area contributed by atoms with Gasteiger partial charge in [-0.2, -0.15) is 0 Å². The molecule has 0 saturated heterocycles. The number of nitrogens with one attached hydrogen (secondary N) is 2. The molecule has 0 spiro atoms. The van der Waals surface area contributed by atoms with E-state index in [-0.39, 0.29) is 11.0 Å². The van der Waals surface area contributed by atoms with E-state index >= 15 is 0 Å². The van der Waals surface area contributed by atoms with Crippen LogP contribution in [0.2, 0.25) is 0 Å². The molecule has 2 aromatic heterocycles. The van der Waals surface area contributed by atoms with Gasteiger partial charge in [0.2, 0.25) is 0 Å². The number of amides is 2. The number of carbonyl (C=O) groups excluding carboxylic acids is 2. The first kappa shape index (κ1) is 17.1. The van der Waals surface area contributed by atoms with Crippen molar-refractivity contribution in [2.45, 2.75) is 6.92 Å². The van der Waals surface area contributed by atoms with E-state index in [4.69, 9.17) is 4.42 Å². The van der Waals surface area contributed by atoms with Gasteiger partial charge in [0.05, 0.1) is 10.9 Å². The van der Waals surface area contributed by atoms with E-state index in [2.05, 4.69) is 15.8 Å². The summed E-state index contributed by atoms with van der Waals surface area (Å²) in [6.45, 7) is 1.90. The molecular formula is C19H15N3O4. The lowest BCUT2D eigenvalue weighted by molar-refractivity contribution is -0.117. The van der Waals surface area contributed by atoms with Gasteiger partial charge in [0.1, 0.15) is 11.8 Å². The predicted octanol–water partition coefficient (Wildman–Crippen LogP) is 1.97. The Bertz CT molecular complexity index is 1060. The maximum absolute atomic E-state index is 12.4. The fourth-order valence-corrected chi connectivity index (χ4v) is 2.27. The molecule has 0 fully saturated rings. The molecule has 0 radical (unpaired) electrons. The van der Waals surface area contributed by atoms with Crippen molar-refractivity contribution in [1.29, 1.82) is 0 Å². The van der Waals surface area contributed by atoms with Gasteiger partial charge < -0.3 is 4.42 Å². The van der Waals surface area contributed by atoms with Crippen molar-refractivity contribution >= 4 is 28.9 Å². The van der Waals surface area contributed by atoms with Crippen molar-refractivity contribution in [3.63, 3.8) is 0 Å². The third kappa shape index (κ3) is 3.84. The number of carbonyl (C=O) groups is 2. The monoisotopic (exact) mass is 349 g/mol. The number of rotatable bonds is 3. The Morgan fingerprint density at radius 1 is 1.12 bits per heavy atom. The molecule has 0 saturated carbocycles. The number of nitrogens with zero attached hydrogens (tertiary/aromatic N) is 1. The third-order valence-corrected chi connectivity index (χ3v) is 3.61. The van der Waals surface area contributed by atoms with E-state index in [1.54, 1.807) is 12.1 Å². The van der Waals surface area contributed by atoms with Gasteiger partial charge in [-0.25, -0.2) is 0 Å². The molecule has 130 valence electrons. The number of pyridine rings is 1. The van der Waals surface area contributed by atoms with Gasteiger partial charge in [0, 0.05) is 24.0 Å². The summed E-state index contributed by atoms with van der Waals surface area (Å²) in [5, 5.41) is 0.434. The molecule has 0 bridgehead atoms. The van der Waals surface area contributed by atoms with Crippen LogP contribution in [0.1, 0.15) is 21.5 Å². The number of benzene rings is 1. The lowest BCUT2D eigenvalue weighted by Gasteiger charge is -2.04. The fourth-order valence-electron chi connectivity index (χ4n) is 2.27. The molecule has 2 amide bonds. The van der Waals surface area contributed by atoms with Gasteiger partial charge in [-0.1, -0.05) is 6.07 Å². The first-order valence-electron chi connectivity index (χ1n) is 7.75. The molecule has 26 heavy (non-hydrogen) atoms. The summed E-state index contributed by atoms with van der Waals surface area (Å²) in [4.78, 5) is 39.8. The maximum Gasteiger partial charge on any atom is 0.269 e. The summed E-state index contributed by atoms with van der Waals surface area (Å²) in [6.07, 6.45) is 6.70. The second-order valence-corrected chi connectivity index (χ2v) is 5.53. The Morgan fingerprint density at radius 2 is 1.88 bits per heavy atom. The molecule has 0 aliphatic heterocycles. The Labute approximate surface area is 148 Å². The van der Waals surface area contributed by atoms with Crippen LogP contribution < -0.4 is 16.3 Å². The van der Waals surface area contributed by atoms with Crippen molar-refractivity contribution in [3.8, 4) is 0 Å². The molecule has 0 aliphatic rings. The highest BCUT2D eigenvalue weighted by Gasteiger charge is 2.07. The van der Waals surface area contributed by atoms with Crippen LogP contribution in [-0.4, -0.2) is 16.8 Å². The first-order valence-corrected chi connectivity index (χ1v) is 7.75. The number of aryl methyl sites for hydroxylation is 1.